The Bertz CT molecular complexity index is 786. The Morgan fingerprint density at radius 2 is 1.52 bits per heavy atom. The van der Waals surface area contributed by atoms with Crippen LogP contribution in [0.3, 0.4) is 0 Å². The molecule has 2 aromatic carbocycles. The molecule has 0 saturated carbocycles. The molecule has 142 valence electrons. The average Bonchev–Trinajstić information content (AvgIpc) is 2.71. The SMILES string of the molecule is CCN(CC)CCNC(=O)C(=O)c1ccccc1NC(=O)c1ccccc1. The highest BCUT2D eigenvalue weighted by molar-refractivity contribution is 6.44. The van der Waals surface area contributed by atoms with Crippen molar-refractivity contribution in [3.8, 4) is 0 Å². The molecular formula is C21H25N3O3. The fourth-order valence-corrected chi connectivity index (χ4v) is 2.64. The molecule has 0 fully saturated rings. The van der Waals surface area contributed by atoms with Crippen LogP contribution in [0.5, 0.6) is 0 Å². The number of ketones is 1. The normalized spacial score (nSPS) is 10.5. The molecule has 0 aromatic heterocycles. The van der Waals surface area contributed by atoms with Crippen LogP contribution in [0.4, 0.5) is 5.69 Å². The molecule has 0 aliphatic carbocycles. The molecular weight excluding hydrogens is 342 g/mol. The molecule has 0 atom stereocenters. The third kappa shape index (κ3) is 5.76. The van der Waals surface area contributed by atoms with E-state index in [4.69, 9.17) is 0 Å². The molecule has 0 bridgehead atoms. The zero-order valence-corrected chi connectivity index (χ0v) is 15.7. The summed E-state index contributed by atoms with van der Waals surface area (Å²) in [4.78, 5) is 39.2. The standard InChI is InChI=1S/C21H25N3O3/c1-3-24(4-2)15-14-22-21(27)19(25)17-12-8-9-13-18(17)23-20(26)16-10-6-5-7-11-16/h5-13H,3-4,14-15H2,1-2H3,(H,22,27)(H,23,26). The predicted octanol–water partition coefficient (Wildman–Crippen LogP) is 2.58. The number of carbonyl (C=O) groups excluding carboxylic acids is 3. The number of rotatable bonds is 9. The summed E-state index contributed by atoms with van der Waals surface area (Å²) in [5, 5.41) is 5.36. The van der Waals surface area contributed by atoms with Crippen molar-refractivity contribution >= 4 is 23.3 Å². The van der Waals surface area contributed by atoms with E-state index in [0.717, 1.165) is 13.1 Å². The van der Waals surface area contributed by atoms with Crippen molar-refractivity contribution < 1.29 is 14.4 Å². The van der Waals surface area contributed by atoms with Gasteiger partial charge in [-0.15, -0.1) is 0 Å². The van der Waals surface area contributed by atoms with Crippen molar-refractivity contribution in [3.05, 3.63) is 65.7 Å². The lowest BCUT2D eigenvalue weighted by molar-refractivity contribution is -0.117. The van der Waals surface area contributed by atoms with Crippen LogP contribution < -0.4 is 10.6 Å². The summed E-state index contributed by atoms with van der Waals surface area (Å²) in [6.45, 7) is 6.93. The number of para-hydroxylation sites is 1. The van der Waals surface area contributed by atoms with E-state index in [1.165, 1.54) is 6.07 Å². The topological polar surface area (TPSA) is 78.5 Å². The molecule has 0 unspecified atom stereocenters. The smallest absolute Gasteiger partial charge is 0.292 e. The Hall–Kier alpha value is -2.99. The van der Waals surface area contributed by atoms with E-state index in [-0.39, 0.29) is 11.5 Å². The fourth-order valence-electron chi connectivity index (χ4n) is 2.64. The summed E-state index contributed by atoms with van der Waals surface area (Å²) in [5.41, 5.74) is 0.959. The Labute approximate surface area is 159 Å². The molecule has 0 spiro atoms. The lowest BCUT2D eigenvalue weighted by Gasteiger charge is -2.18. The van der Waals surface area contributed by atoms with Gasteiger partial charge in [0.05, 0.1) is 11.3 Å². The first kappa shape index (κ1) is 20.3. The number of benzene rings is 2. The van der Waals surface area contributed by atoms with Crippen LogP contribution >= 0.6 is 0 Å². The van der Waals surface area contributed by atoms with Gasteiger partial charge in [-0.1, -0.05) is 44.2 Å². The minimum absolute atomic E-state index is 0.169. The molecule has 2 N–H and O–H groups in total. The minimum atomic E-state index is -0.677. The van der Waals surface area contributed by atoms with Crippen molar-refractivity contribution in [3.63, 3.8) is 0 Å². The summed E-state index contributed by atoms with van der Waals surface area (Å²) >= 11 is 0. The van der Waals surface area contributed by atoms with Gasteiger partial charge in [0.1, 0.15) is 0 Å². The number of carbonyl (C=O) groups is 3. The van der Waals surface area contributed by atoms with Gasteiger partial charge in [0.25, 0.3) is 17.6 Å². The molecule has 6 heteroatoms. The number of likely N-dealkylation sites (N-methyl/N-ethyl adjacent to an activating group) is 1. The highest BCUT2D eigenvalue weighted by Crippen LogP contribution is 2.17. The number of anilines is 1. The molecule has 0 aliphatic heterocycles. The number of nitrogens with zero attached hydrogens (tertiary/aromatic N) is 1. The Morgan fingerprint density at radius 1 is 0.889 bits per heavy atom. The Kier molecular flexibility index (Phi) is 7.70. The second kappa shape index (κ2) is 10.2. The minimum Gasteiger partial charge on any atom is -0.348 e. The first-order chi connectivity index (χ1) is 13.1. The van der Waals surface area contributed by atoms with Crippen LogP contribution in [0.2, 0.25) is 0 Å². The Balaban J connectivity index is 2.04. The number of nitrogens with one attached hydrogen (secondary N) is 2. The molecule has 0 saturated heterocycles. The van der Waals surface area contributed by atoms with Gasteiger partial charge >= 0.3 is 0 Å². The zero-order valence-electron chi connectivity index (χ0n) is 15.7. The second-order valence-corrected chi connectivity index (χ2v) is 5.98. The third-order valence-electron chi connectivity index (χ3n) is 4.27. The third-order valence-corrected chi connectivity index (χ3v) is 4.27. The van der Waals surface area contributed by atoms with E-state index in [1.54, 1.807) is 42.5 Å². The summed E-state index contributed by atoms with van der Waals surface area (Å²) in [7, 11) is 0. The zero-order chi connectivity index (χ0) is 19.6. The van der Waals surface area contributed by atoms with Gasteiger partial charge < -0.3 is 15.5 Å². The predicted molar refractivity (Wildman–Crippen MR) is 106 cm³/mol. The summed E-state index contributed by atoms with van der Waals surface area (Å²) in [6.07, 6.45) is 0. The number of Topliss-reactive ketones (excluding diaryl/α,β-unsaturated/α-hetero) is 1. The molecule has 2 rings (SSSR count). The maximum atomic E-state index is 12.5. The van der Waals surface area contributed by atoms with E-state index < -0.39 is 11.7 Å². The van der Waals surface area contributed by atoms with Crippen molar-refractivity contribution in [2.75, 3.05) is 31.5 Å². The number of hydrogen-bond donors (Lipinski definition) is 2. The summed E-state index contributed by atoms with van der Waals surface area (Å²) in [6, 6.07) is 15.2. The Morgan fingerprint density at radius 3 is 2.19 bits per heavy atom. The van der Waals surface area contributed by atoms with Crippen molar-refractivity contribution in [1.29, 1.82) is 0 Å². The van der Waals surface area contributed by atoms with Crippen LogP contribution in [0.25, 0.3) is 0 Å². The number of amides is 2. The van der Waals surface area contributed by atoms with E-state index in [2.05, 4.69) is 15.5 Å². The maximum absolute atomic E-state index is 12.5. The van der Waals surface area contributed by atoms with Gasteiger partial charge in [-0.3, -0.25) is 14.4 Å². The molecule has 2 aromatic rings. The monoisotopic (exact) mass is 367 g/mol. The van der Waals surface area contributed by atoms with Gasteiger partial charge in [0.15, 0.2) is 0 Å². The second-order valence-electron chi connectivity index (χ2n) is 5.98. The van der Waals surface area contributed by atoms with Crippen molar-refractivity contribution in [1.82, 2.24) is 10.2 Å². The van der Waals surface area contributed by atoms with Gasteiger partial charge in [0.2, 0.25) is 0 Å². The van der Waals surface area contributed by atoms with Crippen LogP contribution in [0.15, 0.2) is 54.6 Å². The van der Waals surface area contributed by atoms with Crippen LogP contribution in [-0.2, 0) is 4.79 Å². The van der Waals surface area contributed by atoms with E-state index in [0.29, 0.717) is 24.3 Å². The van der Waals surface area contributed by atoms with E-state index >= 15 is 0 Å². The van der Waals surface area contributed by atoms with Crippen LogP contribution in [0.1, 0.15) is 34.6 Å². The largest absolute Gasteiger partial charge is 0.348 e. The van der Waals surface area contributed by atoms with E-state index in [9.17, 15) is 14.4 Å². The average molecular weight is 367 g/mol. The lowest BCUT2D eigenvalue weighted by atomic mass is 10.1. The van der Waals surface area contributed by atoms with Crippen LogP contribution in [0, 0.1) is 0 Å². The summed E-state index contributed by atoms with van der Waals surface area (Å²) < 4.78 is 0. The van der Waals surface area contributed by atoms with Gasteiger partial charge in [-0.25, -0.2) is 0 Å². The highest BCUT2D eigenvalue weighted by Gasteiger charge is 2.20. The molecule has 0 aliphatic rings. The van der Waals surface area contributed by atoms with Gasteiger partial charge in [-0.05, 0) is 37.4 Å². The van der Waals surface area contributed by atoms with Crippen molar-refractivity contribution in [2.45, 2.75) is 13.8 Å². The number of hydrogen-bond acceptors (Lipinski definition) is 4. The van der Waals surface area contributed by atoms with Crippen LogP contribution in [-0.4, -0.2) is 48.7 Å². The molecule has 27 heavy (non-hydrogen) atoms. The van der Waals surface area contributed by atoms with Gasteiger partial charge in [-0.2, -0.15) is 0 Å². The highest BCUT2D eigenvalue weighted by atomic mass is 16.2. The van der Waals surface area contributed by atoms with Gasteiger partial charge in [0, 0.05) is 18.7 Å². The molecule has 2 amide bonds. The fraction of sp³-hybridized carbons (Fsp3) is 0.286. The molecule has 0 heterocycles. The lowest BCUT2D eigenvalue weighted by Crippen LogP contribution is -2.38. The van der Waals surface area contributed by atoms with Crippen molar-refractivity contribution in [2.24, 2.45) is 0 Å². The van der Waals surface area contributed by atoms with E-state index in [1.807, 2.05) is 19.9 Å². The maximum Gasteiger partial charge on any atom is 0.292 e. The molecule has 0 radical (unpaired) electrons. The molecule has 6 nitrogen and oxygen atoms in total. The summed E-state index contributed by atoms with van der Waals surface area (Å²) in [5.74, 6) is -1.68. The quantitative estimate of drug-likeness (QED) is 0.527. The first-order valence-corrected chi connectivity index (χ1v) is 9.07. The first-order valence-electron chi connectivity index (χ1n) is 9.07.